The molecule has 7 fully saturated rings. The van der Waals surface area contributed by atoms with Gasteiger partial charge < -0.3 is 0 Å². The van der Waals surface area contributed by atoms with E-state index in [0.717, 1.165) is 82.9 Å². The van der Waals surface area contributed by atoms with Gasteiger partial charge in [0.05, 0.1) is 0 Å². The van der Waals surface area contributed by atoms with Crippen molar-refractivity contribution < 1.29 is 0 Å². The van der Waals surface area contributed by atoms with Crippen LogP contribution in [0.4, 0.5) is 0 Å². The second kappa shape index (κ2) is 15.1. The highest BCUT2D eigenvalue weighted by atomic mass is 31.0. The van der Waals surface area contributed by atoms with E-state index >= 15 is 0 Å². The molecule has 0 aromatic heterocycles. The van der Waals surface area contributed by atoms with Crippen LogP contribution in [0, 0.1) is 82.9 Å². The van der Waals surface area contributed by atoms with Gasteiger partial charge in [-0.2, -0.15) is 0 Å². The normalized spacial score (nSPS) is 37.5. The third-order valence-electron chi connectivity index (χ3n) is 16.5. The first-order chi connectivity index (χ1) is 21.2. The highest BCUT2D eigenvalue weighted by Crippen LogP contribution is 2.62. The quantitative estimate of drug-likeness (QED) is 0.193. The van der Waals surface area contributed by atoms with Gasteiger partial charge in [-0.3, -0.25) is 0 Å². The molecule has 0 spiro atoms. The SMILES string of the molecule is CC(C1CCCC1)C(C1CCCC1)C(C1CCCC1)C(C1CCCC1)C(C1CCCC1)C1CC(C2CCC(CP)CC2)C1. The molecule has 43 heavy (non-hydrogen) atoms. The molecule has 0 bridgehead atoms. The molecule has 7 saturated carbocycles. The van der Waals surface area contributed by atoms with Gasteiger partial charge >= 0.3 is 0 Å². The molecule has 6 unspecified atom stereocenters. The molecule has 246 valence electrons. The second-order valence-corrected chi connectivity index (χ2v) is 18.9. The van der Waals surface area contributed by atoms with Gasteiger partial charge in [-0.15, -0.1) is 9.24 Å². The average molecular weight is 609 g/mol. The Kier molecular flexibility index (Phi) is 11.2. The summed E-state index contributed by atoms with van der Waals surface area (Å²) in [5.41, 5.74) is 0. The highest BCUT2D eigenvalue weighted by Gasteiger charge is 2.54. The molecule has 7 aliphatic rings. The predicted molar refractivity (Wildman–Crippen MR) is 189 cm³/mol. The van der Waals surface area contributed by atoms with E-state index in [9.17, 15) is 0 Å². The van der Waals surface area contributed by atoms with Crippen molar-refractivity contribution in [1.29, 1.82) is 0 Å². The van der Waals surface area contributed by atoms with E-state index in [1.54, 1.807) is 154 Å². The van der Waals surface area contributed by atoms with Gasteiger partial charge in [-0.05, 0) is 128 Å². The maximum absolute atomic E-state index is 3.06. The van der Waals surface area contributed by atoms with E-state index in [4.69, 9.17) is 0 Å². The van der Waals surface area contributed by atoms with E-state index in [1.165, 1.54) is 19.0 Å². The van der Waals surface area contributed by atoms with Crippen molar-refractivity contribution in [1.82, 2.24) is 0 Å². The van der Waals surface area contributed by atoms with Crippen LogP contribution in [0.3, 0.4) is 0 Å². The molecular formula is C42H73P. The fourth-order valence-electron chi connectivity index (χ4n) is 14.3. The molecular weight excluding hydrogens is 535 g/mol. The lowest BCUT2D eigenvalue weighted by Crippen LogP contribution is -2.49. The Balaban J connectivity index is 1.21. The van der Waals surface area contributed by atoms with Crippen LogP contribution in [0.2, 0.25) is 0 Å². The Bertz CT molecular complexity index is 806. The summed E-state index contributed by atoms with van der Waals surface area (Å²) in [7, 11) is 3.06. The first kappa shape index (κ1) is 32.0. The van der Waals surface area contributed by atoms with Crippen LogP contribution in [0.5, 0.6) is 0 Å². The Morgan fingerprint density at radius 1 is 0.419 bits per heavy atom. The van der Waals surface area contributed by atoms with Crippen molar-refractivity contribution in [2.75, 3.05) is 6.16 Å². The summed E-state index contributed by atoms with van der Waals surface area (Å²) < 4.78 is 0. The molecule has 0 heterocycles. The minimum absolute atomic E-state index is 1.00. The van der Waals surface area contributed by atoms with Crippen molar-refractivity contribution in [3.05, 3.63) is 0 Å². The molecule has 1 heteroatoms. The standard InChI is InChI=1S/C42H73P/c1-29(31-12-2-3-13-31)39(33-14-4-5-15-33)41(35-18-8-9-19-35)42(36-20-10-11-21-36)40(34-16-6-7-17-34)38-26-37(27-38)32-24-22-30(28-43)23-25-32/h29-42H,2-28,43H2,1H3. The highest BCUT2D eigenvalue weighted by molar-refractivity contribution is 7.16. The van der Waals surface area contributed by atoms with E-state index < -0.39 is 0 Å². The number of rotatable bonds is 12. The molecule has 0 aromatic rings. The maximum Gasteiger partial charge on any atom is -0.0318 e. The summed E-state index contributed by atoms with van der Waals surface area (Å²) in [6.07, 6.45) is 42.5. The van der Waals surface area contributed by atoms with Gasteiger partial charge in [-0.25, -0.2) is 0 Å². The molecule has 7 rings (SSSR count). The fourth-order valence-corrected chi connectivity index (χ4v) is 14.8. The lowest BCUT2D eigenvalue weighted by atomic mass is 9.49. The molecule has 6 atom stereocenters. The first-order valence-corrected chi connectivity index (χ1v) is 21.7. The Labute approximate surface area is 271 Å². The van der Waals surface area contributed by atoms with Crippen LogP contribution in [0.25, 0.3) is 0 Å². The molecule has 0 N–H and O–H groups in total. The average Bonchev–Trinajstić information content (AvgIpc) is 3.86. The zero-order valence-electron chi connectivity index (χ0n) is 28.8. The molecule has 0 saturated heterocycles. The summed E-state index contributed by atoms with van der Waals surface area (Å²) >= 11 is 0. The topological polar surface area (TPSA) is 0 Å². The van der Waals surface area contributed by atoms with Crippen molar-refractivity contribution in [3.8, 4) is 0 Å². The Morgan fingerprint density at radius 3 is 1.33 bits per heavy atom. The van der Waals surface area contributed by atoms with Gasteiger partial charge in [-0.1, -0.05) is 135 Å². The Morgan fingerprint density at radius 2 is 0.837 bits per heavy atom. The fraction of sp³-hybridized carbons (Fsp3) is 1.00. The van der Waals surface area contributed by atoms with Crippen LogP contribution >= 0.6 is 9.24 Å². The lowest BCUT2D eigenvalue weighted by Gasteiger charge is -2.56. The maximum atomic E-state index is 3.06. The summed E-state index contributed by atoms with van der Waals surface area (Å²) in [6, 6.07) is 0. The van der Waals surface area contributed by atoms with Crippen molar-refractivity contribution in [2.45, 2.75) is 174 Å². The minimum Gasteiger partial charge on any atom is -0.137 e. The van der Waals surface area contributed by atoms with Crippen molar-refractivity contribution in [3.63, 3.8) is 0 Å². The van der Waals surface area contributed by atoms with E-state index in [2.05, 4.69) is 16.2 Å². The van der Waals surface area contributed by atoms with Gasteiger partial charge in [0.15, 0.2) is 0 Å². The largest absolute Gasteiger partial charge is 0.137 e. The third kappa shape index (κ3) is 7.02. The number of hydrogen-bond acceptors (Lipinski definition) is 0. The Hall–Kier alpha value is 0.430. The molecule has 0 aromatic carbocycles. The van der Waals surface area contributed by atoms with Crippen LogP contribution in [0.1, 0.15) is 174 Å². The van der Waals surface area contributed by atoms with Crippen molar-refractivity contribution >= 4 is 9.24 Å². The monoisotopic (exact) mass is 609 g/mol. The van der Waals surface area contributed by atoms with Crippen molar-refractivity contribution in [2.24, 2.45) is 82.9 Å². The number of hydrogen-bond donors (Lipinski definition) is 0. The summed E-state index contributed by atoms with van der Waals surface area (Å²) in [4.78, 5) is 0. The molecule has 0 nitrogen and oxygen atoms in total. The van der Waals surface area contributed by atoms with Crippen LogP contribution in [0.15, 0.2) is 0 Å². The van der Waals surface area contributed by atoms with Crippen LogP contribution in [-0.2, 0) is 0 Å². The first-order valence-electron chi connectivity index (χ1n) is 20.9. The van der Waals surface area contributed by atoms with Gasteiger partial charge in [0.2, 0.25) is 0 Å². The zero-order chi connectivity index (χ0) is 29.2. The van der Waals surface area contributed by atoms with E-state index in [-0.39, 0.29) is 0 Å². The van der Waals surface area contributed by atoms with Gasteiger partial charge in [0.1, 0.15) is 0 Å². The van der Waals surface area contributed by atoms with Gasteiger partial charge in [0.25, 0.3) is 0 Å². The van der Waals surface area contributed by atoms with E-state index in [0.29, 0.717) is 0 Å². The zero-order valence-corrected chi connectivity index (χ0v) is 29.9. The molecule has 0 aliphatic heterocycles. The van der Waals surface area contributed by atoms with Gasteiger partial charge in [0, 0.05) is 0 Å². The van der Waals surface area contributed by atoms with Crippen LogP contribution in [-0.4, -0.2) is 6.16 Å². The lowest BCUT2D eigenvalue weighted by molar-refractivity contribution is -0.0713. The van der Waals surface area contributed by atoms with Crippen LogP contribution < -0.4 is 0 Å². The minimum atomic E-state index is 1.00. The third-order valence-corrected chi connectivity index (χ3v) is 17.2. The molecule has 0 amide bonds. The smallest absolute Gasteiger partial charge is 0.0318 e. The van der Waals surface area contributed by atoms with E-state index in [1.807, 2.05) is 0 Å². The summed E-state index contributed by atoms with van der Waals surface area (Å²) in [6.45, 7) is 2.85. The molecule has 7 aliphatic carbocycles. The summed E-state index contributed by atoms with van der Waals surface area (Å²) in [5.74, 6) is 15.1. The second-order valence-electron chi connectivity index (χ2n) is 18.4. The summed E-state index contributed by atoms with van der Waals surface area (Å²) in [5, 5.41) is 0. The molecule has 0 radical (unpaired) electrons. The predicted octanol–water partition coefficient (Wildman–Crippen LogP) is 12.7.